The second-order valence-corrected chi connectivity index (χ2v) is 8.75. The highest BCUT2D eigenvalue weighted by Crippen LogP contribution is 2.44. The van der Waals surface area contributed by atoms with E-state index in [1.807, 2.05) is 34.8 Å². The molecule has 1 aromatic heterocycles. The fourth-order valence-corrected chi connectivity index (χ4v) is 4.70. The lowest BCUT2D eigenvalue weighted by Gasteiger charge is -2.34. The Morgan fingerprint density at radius 2 is 2.10 bits per heavy atom. The molecule has 5 rings (SSSR count). The molecule has 3 aliphatic rings. The van der Waals surface area contributed by atoms with E-state index in [-0.39, 0.29) is 11.9 Å². The van der Waals surface area contributed by atoms with Gasteiger partial charge >= 0.3 is 6.09 Å². The van der Waals surface area contributed by atoms with Crippen LogP contribution in [0.15, 0.2) is 24.5 Å². The number of carboxylic acid groups (broad SMARTS) is 1. The molecule has 0 unspecified atom stereocenters. The lowest BCUT2D eigenvalue weighted by atomic mass is 9.92. The number of likely N-dealkylation sites (tertiary alicyclic amines) is 1. The molecule has 31 heavy (non-hydrogen) atoms. The average Bonchev–Trinajstić information content (AvgIpc) is 3.34. The maximum atomic E-state index is 12.0. The lowest BCUT2D eigenvalue weighted by Crippen LogP contribution is -2.41. The van der Waals surface area contributed by atoms with Crippen molar-refractivity contribution < 1.29 is 19.4 Å². The van der Waals surface area contributed by atoms with Gasteiger partial charge in [0.1, 0.15) is 12.4 Å². The highest BCUT2D eigenvalue weighted by atomic mass is 16.5. The Balaban J connectivity index is 1.49. The number of carbonyl (C=O) groups excluding carboxylic acids is 1. The quantitative estimate of drug-likeness (QED) is 0.764. The molecule has 1 saturated carbocycles. The van der Waals surface area contributed by atoms with E-state index in [4.69, 9.17) is 4.74 Å². The Morgan fingerprint density at radius 3 is 2.81 bits per heavy atom. The van der Waals surface area contributed by atoms with Gasteiger partial charge in [-0.2, -0.15) is 5.10 Å². The maximum absolute atomic E-state index is 12.0. The Kier molecular flexibility index (Phi) is 5.08. The molecule has 2 aromatic rings. The van der Waals surface area contributed by atoms with Crippen molar-refractivity contribution in [2.24, 2.45) is 0 Å². The number of rotatable bonds is 6. The molecule has 1 aromatic carbocycles. The summed E-state index contributed by atoms with van der Waals surface area (Å²) in [5.74, 6) is 0.896. The molecule has 8 heteroatoms. The zero-order valence-electron chi connectivity index (χ0n) is 17.8. The number of ether oxygens (including phenoxy) is 1. The topological polar surface area (TPSA) is 87.9 Å². The van der Waals surface area contributed by atoms with Crippen LogP contribution in [-0.4, -0.2) is 57.5 Å². The van der Waals surface area contributed by atoms with E-state index in [0.717, 1.165) is 61.1 Å². The Labute approximate surface area is 181 Å². The van der Waals surface area contributed by atoms with Gasteiger partial charge in [-0.05, 0) is 51.2 Å². The largest absolute Gasteiger partial charge is 0.491 e. The summed E-state index contributed by atoms with van der Waals surface area (Å²) in [5.41, 5.74) is 3.52. The van der Waals surface area contributed by atoms with Crippen molar-refractivity contribution in [1.29, 1.82) is 0 Å². The molecule has 2 amide bonds. The van der Waals surface area contributed by atoms with Gasteiger partial charge in [0.15, 0.2) is 0 Å². The van der Waals surface area contributed by atoms with Crippen LogP contribution < -0.4 is 9.64 Å². The van der Waals surface area contributed by atoms with Crippen LogP contribution in [0.3, 0.4) is 0 Å². The van der Waals surface area contributed by atoms with Crippen molar-refractivity contribution in [1.82, 2.24) is 14.7 Å². The molecule has 2 fully saturated rings. The van der Waals surface area contributed by atoms with E-state index in [2.05, 4.69) is 11.3 Å². The molecular weight excluding hydrogens is 396 g/mol. The fourth-order valence-electron chi connectivity index (χ4n) is 4.70. The third-order valence-corrected chi connectivity index (χ3v) is 6.57. The average molecular weight is 425 g/mol. The minimum Gasteiger partial charge on any atom is -0.491 e. The van der Waals surface area contributed by atoms with Crippen LogP contribution in [0.1, 0.15) is 50.6 Å². The summed E-state index contributed by atoms with van der Waals surface area (Å²) in [6.07, 6.45) is 8.28. The summed E-state index contributed by atoms with van der Waals surface area (Å²) in [7, 11) is 0. The third-order valence-electron chi connectivity index (χ3n) is 6.57. The van der Waals surface area contributed by atoms with Gasteiger partial charge in [0.2, 0.25) is 5.91 Å². The van der Waals surface area contributed by atoms with Crippen molar-refractivity contribution in [3.8, 4) is 16.9 Å². The van der Waals surface area contributed by atoms with Gasteiger partial charge in [-0.3, -0.25) is 14.4 Å². The number of carbonyl (C=O) groups is 2. The predicted octanol–water partition coefficient (Wildman–Crippen LogP) is 3.71. The molecule has 1 atom stereocenters. The van der Waals surface area contributed by atoms with Crippen LogP contribution in [-0.2, 0) is 11.2 Å². The van der Waals surface area contributed by atoms with Crippen molar-refractivity contribution in [3.05, 3.63) is 30.1 Å². The SMILES string of the molecule is C[C@H]1CCc2c(ccc(-c3cnn(C4CC4)c3)c2OCCN2CCCC2=O)N1C(=O)O. The number of hydrogen-bond acceptors (Lipinski definition) is 4. The van der Waals surface area contributed by atoms with E-state index in [1.54, 1.807) is 0 Å². The number of aromatic nitrogens is 2. The Bertz CT molecular complexity index is 1010. The number of amides is 2. The number of fused-ring (bicyclic) bond motifs is 1. The molecule has 1 aliphatic carbocycles. The predicted molar refractivity (Wildman–Crippen MR) is 116 cm³/mol. The lowest BCUT2D eigenvalue weighted by molar-refractivity contribution is -0.128. The first-order chi connectivity index (χ1) is 15.0. The molecule has 0 spiro atoms. The molecule has 3 heterocycles. The van der Waals surface area contributed by atoms with Crippen LogP contribution in [0.2, 0.25) is 0 Å². The highest BCUT2D eigenvalue weighted by molar-refractivity contribution is 5.91. The smallest absolute Gasteiger partial charge is 0.412 e. The standard InChI is InChI=1S/C23H28N4O4/c1-15-4-7-19-20(27(15)23(29)30)9-8-18(16-13-24-26(14-16)17-5-6-17)22(19)31-12-11-25-10-2-3-21(25)28/h8-9,13-15,17H,2-7,10-12H2,1H3,(H,29,30)/t15-/m0/s1. The van der Waals surface area contributed by atoms with Gasteiger partial charge in [0, 0.05) is 41.9 Å². The third kappa shape index (κ3) is 3.75. The summed E-state index contributed by atoms with van der Waals surface area (Å²) >= 11 is 0. The first-order valence-corrected chi connectivity index (χ1v) is 11.2. The minimum atomic E-state index is -0.948. The van der Waals surface area contributed by atoms with E-state index in [1.165, 1.54) is 4.90 Å². The molecule has 164 valence electrons. The van der Waals surface area contributed by atoms with Crippen LogP contribution in [0, 0.1) is 0 Å². The first-order valence-electron chi connectivity index (χ1n) is 11.2. The Morgan fingerprint density at radius 1 is 1.26 bits per heavy atom. The zero-order valence-corrected chi connectivity index (χ0v) is 17.8. The van der Waals surface area contributed by atoms with Crippen molar-refractivity contribution in [3.63, 3.8) is 0 Å². The van der Waals surface area contributed by atoms with Gasteiger partial charge < -0.3 is 14.7 Å². The number of anilines is 1. The zero-order chi connectivity index (χ0) is 21.5. The fraction of sp³-hybridized carbons (Fsp3) is 0.522. The second-order valence-electron chi connectivity index (χ2n) is 8.75. The second kappa shape index (κ2) is 7.90. The van der Waals surface area contributed by atoms with Crippen molar-refractivity contribution >= 4 is 17.7 Å². The number of benzene rings is 1. The van der Waals surface area contributed by atoms with E-state index in [0.29, 0.717) is 31.3 Å². The van der Waals surface area contributed by atoms with Gasteiger partial charge in [0.05, 0.1) is 24.5 Å². The molecule has 0 bridgehead atoms. The summed E-state index contributed by atoms with van der Waals surface area (Å²) in [6, 6.07) is 4.24. The highest BCUT2D eigenvalue weighted by Gasteiger charge is 2.32. The van der Waals surface area contributed by atoms with Gasteiger partial charge in [-0.1, -0.05) is 0 Å². The van der Waals surface area contributed by atoms with Crippen LogP contribution in [0.5, 0.6) is 5.75 Å². The van der Waals surface area contributed by atoms with Crippen LogP contribution in [0.25, 0.3) is 11.1 Å². The normalized spacial score (nSPS) is 20.8. The Hall–Kier alpha value is -3.03. The summed E-state index contributed by atoms with van der Waals surface area (Å²) in [4.78, 5) is 27.2. The molecular formula is C23H28N4O4. The molecule has 8 nitrogen and oxygen atoms in total. The van der Waals surface area contributed by atoms with Gasteiger partial charge in [0.25, 0.3) is 0 Å². The molecule has 1 saturated heterocycles. The van der Waals surface area contributed by atoms with Crippen LogP contribution in [0.4, 0.5) is 10.5 Å². The van der Waals surface area contributed by atoms with E-state index < -0.39 is 6.09 Å². The molecule has 2 aliphatic heterocycles. The van der Waals surface area contributed by atoms with E-state index in [9.17, 15) is 14.7 Å². The monoisotopic (exact) mass is 424 g/mol. The van der Waals surface area contributed by atoms with Gasteiger partial charge in [-0.25, -0.2) is 4.79 Å². The van der Waals surface area contributed by atoms with Crippen molar-refractivity contribution in [2.45, 2.75) is 57.5 Å². The first kappa shape index (κ1) is 19.9. The maximum Gasteiger partial charge on any atom is 0.412 e. The van der Waals surface area contributed by atoms with Gasteiger partial charge in [-0.15, -0.1) is 0 Å². The number of hydrogen-bond donors (Lipinski definition) is 1. The molecule has 1 N–H and O–H groups in total. The summed E-state index contributed by atoms with van der Waals surface area (Å²) < 4.78 is 8.31. The van der Waals surface area contributed by atoms with Crippen molar-refractivity contribution in [2.75, 3.05) is 24.6 Å². The minimum absolute atomic E-state index is 0.0801. The van der Waals surface area contributed by atoms with Crippen LogP contribution >= 0.6 is 0 Å². The molecule has 0 radical (unpaired) electrons. The summed E-state index contributed by atoms with van der Waals surface area (Å²) in [6.45, 7) is 3.64. The number of nitrogens with zero attached hydrogens (tertiary/aromatic N) is 4. The summed E-state index contributed by atoms with van der Waals surface area (Å²) in [5, 5.41) is 14.3. The van der Waals surface area contributed by atoms with E-state index >= 15 is 0 Å².